The van der Waals surface area contributed by atoms with Crippen LogP contribution in [0.3, 0.4) is 0 Å². The van der Waals surface area contributed by atoms with E-state index in [1.54, 1.807) is 0 Å². The van der Waals surface area contributed by atoms with Crippen LogP contribution in [-0.2, 0) is 9.53 Å². The largest absolute Gasteiger partial charge is 0.467 e. The Morgan fingerprint density at radius 1 is 1.44 bits per heavy atom. The summed E-state index contributed by atoms with van der Waals surface area (Å²) < 4.78 is 4.54. The minimum absolute atomic E-state index is 0.0572. The number of hydrogen-bond acceptors (Lipinski definition) is 4. The van der Waals surface area contributed by atoms with E-state index in [0.717, 1.165) is 5.56 Å². The first-order valence-electron chi connectivity index (χ1n) is 5.97. The van der Waals surface area contributed by atoms with Gasteiger partial charge in [0.1, 0.15) is 0 Å². The lowest BCUT2D eigenvalue weighted by Crippen LogP contribution is -2.46. The van der Waals surface area contributed by atoms with Gasteiger partial charge in [0.2, 0.25) is 0 Å². The maximum absolute atomic E-state index is 11.3. The van der Waals surface area contributed by atoms with Crippen LogP contribution in [0.4, 0.5) is 0 Å². The van der Waals surface area contributed by atoms with E-state index in [2.05, 4.69) is 10.1 Å². The van der Waals surface area contributed by atoms with E-state index in [1.807, 2.05) is 38.1 Å². The van der Waals surface area contributed by atoms with Gasteiger partial charge in [0, 0.05) is 12.6 Å². The summed E-state index contributed by atoms with van der Waals surface area (Å²) in [5.41, 5.74) is 0.807. The maximum Gasteiger partial charge on any atom is 0.338 e. The van der Waals surface area contributed by atoms with Crippen LogP contribution in [-0.4, -0.2) is 30.3 Å². The second-order valence-corrected chi connectivity index (χ2v) is 4.78. The number of aliphatic hydroxyl groups is 1. The molecule has 0 heterocycles. The minimum Gasteiger partial charge on any atom is -0.467 e. The minimum atomic E-state index is -1.51. The van der Waals surface area contributed by atoms with E-state index in [-0.39, 0.29) is 12.6 Å². The molecule has 0 saturated carbocycles. The average molecular weight is 251 g/mol. The molecule has 0 aliphatic heterocycles. The van der Waals surface area contributed by atoms with Crippen LogP contribution in [0, 0.1) is 6.92 Å². The summed E-state index contributed by atoms with van der Waals surface area (Å²) >= 11 is 0. The topological polar surface area (TPSA) is 58.6 Å². The summed E-state index contributed by atoms with van der Waals surface area (Å²) in [4.78, 5) is 11.3. The number of hydrogen-bond donors (Lipinski definition) is 2. The lowest BCUT2D eigenvalue weighted by molar-refractivity contribution is -0.160. The summed E-state index contributed by atoms with van der Waals surface area (Å²) in [5, 5.41) is 13.0. The van der Waals surface area contributed by atoms with Gasteiger partial charge in [-0.05, 0) is 26.3 Å². The number of esters is 1. The van der Waals surface area contributed by atoms with Crippen molar-refractivity contribution in [3.8, 4) is 0 Å². The summed E-state index contributed by atoms with van der Waals surface area (Å²) in [6.07, 6.45) is 0. The Morgan fingerprint density at radius 2 is 2.00 bits per heavy atom. The Bertz CT molecular complexity index is 398. The molecule has 2 atom stereocenters. The van der Waals surface area contributed by atoms with Crippen molar-refractivity contribution in [2.45, 2.75) is 32.4 Å². The third-order valence-electron chi connectivity index (χ3n) is 2.95. The predicted molar refractivity (Wildman–Crippen MR) is 70.2 cm³/mol. The molecule has 0 amide bonds. The van der Waals surface area contributed by atoms with Gasteiger partial charge >= 0.3 is 5.97 Å². The molecule has 4 heteroatoms. The molecule has 1 aromatic rings. The van der Waals surface area contributed by atoms with Crippen LogP contribution in [0.5, 0.6) is 0 Å². The van der Waals surface area contributed by atoms with Crippen molar-refractivity contribution in [3.63, 3.8) is 0 Å². The van der Waals surface area contributed by atoms with E-state index in [0.29, 0.717) is 0 Å². The van der Waals surface area contributed by atoms with Crippen LogP contribution in [0.1, 0.15) is 31.0 Å². The van der Waals surface area contributed by atoms with Gasteiger partial charge in [-0.25, -0.2) is 4.79 Å². The standard InChI is InChI=1S/C14H21NO3/c1-10-5-7-12(8-6-10)11(2)15-9-14(3,17)13(16)18-4/h5-8,11,15,17H,9H2,1-4H3/t11-,14?/m0/s1. The molecule has 0 saturated heterocycles. The number of benzene rings is 1. The number of carbonyl (C=O) groups excluding carboxylic acids is 1. The smallest absolute Gasteiger partial charge is 0.338 e. The van der Waals surface area contributed by atoms with Crippen molar-refractivity contribution in [1.82, 2.24) is 5.32 Å². The third kappa shape index (κ3) is 3.82. The highest BCUT2D eigenvalue weighted by atomic mass is 16.5. The number of methoxy groups -OCH3 is 1. The zero-order valence-corrected chi connectivity index (χ0v) is 11.4. The van der Waals surface area contributed by atoms with Gasteiger partial charge < -0.3 is 15.2 Å². The Morgan fingerprint density at radius 3 is 2.50 bits per heavy atom. The maximum atomic E-state index is 11.3. The summed E-state index contributed by atoms with van der Waals surface area (Å²) in [5.74, 6) is -0.633. The van der Waals surface area contributed by atoms with Crippen LogP contribution >= 0.6 is 0 Å². The fourth-order valence-electron chi connectivity index (χ4n) is 1.62. The van der Waals surface area contributed by atoms with Gasteiger partial charge in [0.15, 0.2) is 5.60 Å². The van der Waals surface area contributed by atoms with Gasteiger partial charge in [-0.1, -0.05) is 29.8 Å². The molecule has 18 heavy (non-hydrogen) atoms. The average Bonchev–Trinajstić information content (AvgIpc) is 2.35. The van der Waals surface area contributed by atoms with Gasteiger partial charge in [-0.2, -0.15) is 0 Å². The molecule has 0 aromatic heterocycles. The second-order valence-electron chi connectivity index (χ2n) is 4.78. The zero-order chi connectivity index (χ0) is 13.8. The molecule has 0 fully saturated rings. The van der Waals surface area contributed by atoms with Gasteiger partial charge in [-0.15, -0.1) is 0 Å². The molecular formula is C14H21NO3. The van der Waals surface area contributed by atoms with Crippen LogP contribution < -0.4 is 5.32 Å². The van der Waals surface area contributed by atoms with Gasteiger partial charge in [0.25, 0.3) is 0 Å². The van der Waals surface area contributed by atoms with E-state index in [9.17, 15) is 9.90 Å². The van der Waals surface area contributed by atoms with Crippen molar-refractivity contribution >= 4 is 5.97 Å². The van der Waals surface area contributed by atoms with Crippen molar-refractivity contribution in [2.24, 2.45) is 0 Å². The molecule has 1 unspecified atom stereocenters. The normalized spacial score (nSPS) is 15.8. The molecule has 1 aromatic carbocycles. The van der Waals surface area contributed by atoms with Crippen molar-refractivity contribution in [2.75, 3.05) is 13.7 Å². The van der Waals surface area contributed by atoms with E-state index >= 15 is 0 Å². The number of rotatable bonds is 5. The van der Waals surface area contributed by atoms with Gasteiger partial charge in [0.05, 0.1) is 7.11 Å². The number of nitrogens with one attached hydrogen (secondary N) is 1. The molecule has 0 radical (unpaired) electrons. The van der Waals surface area contributed by atoms with Gasteiger partial charge in [-0.3, -0.25) is 0 Å². The van der Waals surface area contributed by atoms with E-state index in [1.165, 1.54) is 19.6 Å². The third-order valence-corrected chi connectivity index (χ3v) is 2.95. The van der Waals surface area contributed by atoms with E-state index < -0.39 is 11.6 Å². The fraction of sp³-hybridized carbons (Fsp3) is 0.500. The lowest BCUT2D eigenvalue weighted by Gasteiger charge is -2.23. The summed E-state index contributed by atoms with van der Waals surface area (Å²) in [6, 6.07) is 8.18. The molecule has 0 aliphatic carbocycles. The molecule has 0 spiro atoms. The Hall–Kier alpha value is -1.39. The monoisotopic (exact) mass is 251 g/mol. The molecule has 100 valence electrons. The predicted octanol–water partition coefficient (Wildman–Crippen LogP) is 1.57. The molecule has 4 nitrogen and oxygen atoms in total. The molecule has 2 N–H and O–H groups in total. The molecule has 1 rings (SSSR count). The Balaban J connectivity index is 2.58. The molecule has 0 bridgehead atoms. The highest BCUT2D eigenvalue weighted by Gasteiger charge is 2.31. The number of ether oxygens (including phenoxy) is 1. The van der Waals surface area contributed by atoms with Crippen molar-refractivity contribution in [1.29, 1.82) is 0 Å². The highest BCUT2D eigenvalue weighted by Crippen LogP contribution is 2.14. The van der Waals surface area contributed by atoms with Crippen LogP contribution in [0.2, 0.25) is 0 Å². The SMILES string of the molecule is COC(=O)C(C)(O)CN[C@@H](C)c1ccc(C)cc1. The molecule has 0 aliphatic rings. The summed E-state index contributed by atoms with van der Waals surface area (Å²) in [7, 11) is 1.26. The summed E-state index contributed by atoms with van der Waals surface area (Å²) in [6.45, 7) is 5.60. The highest BCUT2D eigenvalue weighted by molar-refractivity contribution is 5.78. The first-order valence-corrected chi connectivity index (χ1v) is 5.97. The Kier molecular flexibility index (Phi) is 4.87. The molecular weight excluding hydrogens is 230 g/mol. The van der Waals surface area contributed by atoms with Crippen molar-refractivity contribution in [3.05, 3.63) is 35.4 Å². The van der Waals surface area contributed by atoms with Crippen LogP contribution in [0.25, 0.3) is 0 Å². The fourth-order valence-corrected chi connectivity index (χ4v) is 1.62. The second kappa shape index (κ2) is 5.98. The first kappa shape index (κ1) is 14.7. The Labute approximate surface area is 108 Å². The van der Waals surface area contributed by atoms with Crippen molar-refractivity contribution < 1.29 is 14.6 Å². The zero-order valence-electron chi connectivity index (χ0n) is 11.4. The first-order chi connectivity index (χ1) is 8.36. The van der Waals surface area contributed by atoms with Crippen LogP contribution in [0.15, 0.2) is 24.3 Å². The quantitative estimate of drug-likeness (QED) is 0.780. The number of aryl methyl sites for hydroxylation is 1. The number of carbonyl (C=O) groups is 1. The van der Waals surface area contributed by atoms with E-state index in [4.69, 9.17) is 0 Å². The lowest BCUT2D eigenvalue weighted by atomic mass is 10.0.